The van der Waals surface area contributed by atoms with Crippen LogP contribution in [0.3, 0.4) is 0 Å². The zero-order chi connectivity index (χ0) is 7.98. The summed E-state index contributed by atoms with van der Waals surface area (Å²) in [6.45, 7) is 5.47. The van der Waals surface area contributed by atoms with E-state index in [-0.39, 0.29) is 0 Å². The minimum atomic E-state index is -0.482. The molecule has 0 unspecified atom stereocenters. The van der Waals surface area contributed by atoms with Crippen molar-refractivity contribution in [2.75, 3.05) is 7.11 Å². The molecular formula is C7H12O3. The van der Waals surface area contributed by atoms with Gasteiger partial charge in [0.2, 0.25) is 0 Å². The molecule has 0 fully saturated rings. The molecule has 0 aliphatic carbocycles. The highest BCUT2D eigenvalue weighted by Crippen LogP contribution is 2.03. The lowest BCUT2D eigenvalue weighted by Crippen LogP contribution is -2.05. The van der Waals surface area contributed by atoms with Crippen molar-refractivity contribution in [2.24, 2.45) is 0 Å². The van der Waals surface area contributed by atoms with Crippen LogP contribution in [0.15, 0.2) is 12.2 Å². The molecule has 0 amide bonds. The average Bonchev–Trinajstić information content (AvgIpc) is 1.89. The van der Waals surface area contributed by atoms with Gasteiger partial charge in [-0.15, -0.1) is 0 Å². The van der Waals surface area contributed by atoms with Crippen molar-refractivity contribution < 1.29 is 14.6 Å². The Morgan fingerprint density at radius 2 is 2.20 bits per heavy atom. The number of carbonyl (C=O) groups excluding carboxylic acids is 1. The van der Waals surface area contributed by atoms with Crippen LogP contribution >= 0.6 is 0 Å². The van der Waals surface area contributed by atoms with Crippen LogP contribution in [0.4, 0.5) is 0 Å². The molecule has 0 aromatic rings. The third-order valence-electron chi connectivity index (χ3n) is 0.999. The molecule has 0 spiro atoms. The zero-order valence-corrected chi connectivity index (χ0v) is 6.35. The summed E-state index contributed by atoms with van der Waals surface area (Å²) in [6, 6.07) is 0. The third-order valence-corrected chi connectivity index (χ3v) is 0.999. The Hall–Kier alpha value is -0.830. The van der Waals surface area contributed by atoms with Gasteiger partial charge in [0.15, 0.2) is 0 Å². The zero-order valence-electron chi connectivity index (χ0n) is 6.35. The fraction of sp³-hybridized carbons (Fsp3) is 0.571. The molecule has 0 aliphatic heterocycles. The monoisotopic (exact) mass is 144 g/mol. The van der Waals surface area contributed by atoms with Crippen LogP contribution in [0.25, 0.3) is 0 Å². The SMILES string of the molecule is C=C(CCC)C(=O)OOC. The predicted octanol–water partition coefficient (Wildman–Crippen LogP) is 1.45. The maximum absolute atomic E-state index is 10.7. The first-order valence-corrected chi connectivity index (χ1v) is 3.15. The van der Waals surface area contributed by atoms with Gasteiger partial charge < -0.3 is 0 Å². The summed E-state index contributed by atoms with van der Waals surface area (Å²) < 4.78 is 0. The van der Waals surface area contributed by atoms with Crippen molar-refractivity contribution in [3.8, 4) is 0 Å². The molecule has 0 atom stereocenters. The van der Waals surface area contributed by atoms with E-state index >= 15 is 0 Å². The number of hydrogen-bond donors (Lipinski definition) is 0. The van der Waals surface area contributed by atoms with Crippen molar-refractivity contribution in [1.29, 1.82) is 0 Å². The smallest absolute Gasteiger partial charge is 0.294 e. The second kappa shape index (κ2) is 4.99. The van der Waals surface area contributed by atoms with Gasteiger partial charge in [-0.1, -0.05) is 19.9 Å². The van der Waals surface area contributed by atoms with Crippen LogP contribution in [-0.2, 0) is 14.6 Å². The first-order valence-electron chi connectivity index (χ1n) is 3.15. The summed E-state index contributed by atoms with van der Waals surface area (Å²) in [7, 11) is 1.29. The number of hydrogen-bond acceptors (Lipinski definition) is 3. The van der Waals surface area contributed by atoms with Gasteiger partial charge in [0.1, 0.15) is 0 Å². The van der Waals surface area contributed by atoms with Crippen molar-refractivity contribution >= 4 is 5.97 Å². The van der Waals surface area contributed by atoms with Gasteiger partial charge in [0.05, 0.1) is 7.11 Å². The Balaban J connectivity index is 3.60. The molecule has 10 heavy (non-hydrogen) atoms. The first-order chi connectivity index (χ1) is 4.72. The van der Waals surface area contributed by atoms with E-state index < -0.39 is 5.97 Å². The van der Waals surface area contributed by atoms with Crippen LogP contribution in [0.5, 0.6) is 0 Å². The Morgan fingerprint density at radius 3 is 2.60 bits per heavy atom. The van der Waals surface area contributed by atoms with E-state index in [1.54, 1.807) is 0 Å². The van der Waals surface area contributed by atoms with Crippen LogP contribution in [0, 0.1) is 0 Å². The summed E-state index contributed by atoms with van der Waals surface area (Å²) in [5.41, 5.74) is 0.448. The van der Waals surface area contributed by atoms with Crippen molar-refractivity contribution in [2.45, 2.75) is 19.8 Å². The van der Waals surface area contributed by atoms with Gasteiger partial charge in [-0.3, -0.25) is 4.89 Å². The molecule has 0 heterocycles. The molecular weight excluding hydrogens is 132 g/mol. The molecule has 58 valence electrons. The molecule has 0 aromatic carbocycles. The predicted molar refractivity (Wildman–Crippen MR) is 37.1 cm³/mol. The van der Waals surface area contributed by atoms with Gasteiger partial charge >= 0.3 is 5.97 Å². The van der Waals surface area contributed by atoms with E-state index in [2.05, 4.69) is 16.4 Å². The maximum Gasteiger partial charge on any atom is 0.368 e. The lowest BCUT2D eigenvalue weighted by molar-refractivity contribution is -0.250. The fourth-order valence-electron chi connectivity index (χ4n) is 0.538. The van der Waals surface area contributed by atoms with Gasteiger partial charge in [0.25, 0.3) is 0 Å². The molecule has 0 aromatic heterocycles. The fourth-order valence-corrected chi connectivity index (χ4v) is 0.538. The molecule has 0 radical (unpaired) electrons. The van der Waals surface area contributed by atoms with E-state index in [4.69, 9.17) is 0 Å². The first kappa shape index (κ1) is 9.17. The van der Waals surface area contributed by atoms with Crippen molar-refractivity contribution in [1.82, 2.24) is 0 Å². The highest BCUT2D eigenvalue weighted by atomic mass is 17.2. The van der Waals surface area contributed by atoms with Crippen molar-refractivity contribution in [3.05, 3.63) is 12.2 Å². The molecule has 3 nitrogen and oxygen atoms in total. The van der Waals surface area contributed by atoms with E-state index in [0.717, 1.165) is 6.42 Å². The van der Waals surface area contributed by atoms with Crippen LogP contribution in [-0.4, -0.2) is 13.1 Å². The molecule has 0 saturated carbocycles. The van der Waals surface area contributed by atoms with Gasteiger partial charge in [-0.2, -0.15) is 4.89 Å². The number of carbonyl (C=O) groups is 1. The summed E-state index contributed by atoms with van der Waals surface area (Å²) in [5, 5.41) is 0. The minimum Gasteiger partial charge on any atom is -0.294 e. The Morgan fingerprint density at radius 1 is 1.60 bits per heavy atom. The summed E-state index contributed by atoms with van der Waals surface area (Å²) in [4.78, 5) is 19.1. The highest BCUT2D eigenvalue weighted by molar-refractivity contribution is 5.87. The van der Waals surface area contributed by atoms with E-state index in [9.17, 15) is 4.79 Å². The minimum absolute atomic E-state index is 0.448. The Labute approximate surface area is 60.6 Å². The Kier molecular flexibility index (Phi) is 4.58. The topological polar surface area (TPSA) is 35.5 Å². The third kappa shape index (κ3) is 3.25. The highest BCUT2D eigenvalue weighted by Gasteiger charge is 2.06. The second-order valence-electron chi connectivity index (χ2n) is 1.89. The molecule has 0 saturated heterocycles. The maximum atomic E-state index is 10.7. The molecule has 3 heteroatoms. The van der Waals surface area contributed by atoms with Crippen molar-refractivity contribution in [3.63, 3.8) is 0 Å². The quantitative estimate of drug-likeness (QED) is 0.340. The van der Waals surface area contributed by atoms with E-state index in [1.807, 2.05) is 6.92 Å². The summed E-state index contributed by atoms with van der Waals surface area (Å²) >= 11 is 0. The summed E-state index contributed by atoms with van der Waals surface area (Å²) in [5.74, 6) is -0.482. The van der Waals surface area contributed by atoms with Gasteiger partial charge in [0, 0.05) is 5.57 Å². The average molecular weight is 144 g/mol. The second-order valence-corrected chi connectivity index (χ2v) is 1.89. The molecule has 0 aliphatic rings. The van der Waals surface area contributed by atoms with E-state index in [1.165, 1.54) is 7.11 Å². The summed E-state index contributed by atoms with van der Waals surface area (Å²) in [6.07, 6.45) is 1.54. The molecule has 0 N–H and O–H groups in total. The molecule has 0 rings (SSSR count). The lowest BCUT2D eigenvalue weighted by Gasteiger charge is -1.99. The van der Waals surface area contributed by atoms with Gasteiger partial charge in [-0.25, -0.2) is 4.79 Å². The lowest BCUT2D eigenvalue weighted by atomic mass is 10.2. The Bertz CT molecular complexity index is 113. The molecule has 0 bridgehead atoms. The van der Waals surface area contributed by atoms with Crippen LogP contribution in [0.1, 0.15) is 19.8 Å². The largest absolute Gasteiger partial charge is 0.368 e. The number of rotatable bonds is 4. The van der Waals surface area contributed by atoms with E-state index in [0.29, 0.717) is 12.0 Å². The standard InChI is InChI=1S/C7H12O3/c1-4-5-6(2)7(8)10-9-3/h2,4-5H2,1,3H3. The van der Waals surface area contributed by atoms with Gasteiger partial charge in [-0.05, 0) is 6.42 Å². The normalized spacial score (nSPS) is 9.00. The van der Waals surface area contributed by atoms with Crippen LogP contribution in [0.2, 0.25) is 0 Å². The van der Waals surface area contributed by atoms with Crippen LogP contribution < -0.4 is 0 Å².